The molecule has 4 fully saturated rings. The third-order valence-corrected chi connectivity index (χ3v) is 9.87. The molecule has 0 amide bonds. The number of rotatable bonds is 1. The lowest BCUT2D eigenvalue weighted by molar-refractivity contribution is -0.185. The summed E-state index contributed by atoms with van der Waals surface area (Å²) in [5.74, 6) is 1.71. The highest BCUT2D eigenvalue weighted by Gasteiger charge is 2.76. The fraction of sp³-hybridized carbons (Fsp3) is 0.821. The zero-order chi connectivity index (χ0) is 22.0. The van der Waals surface area contributed by atoms with Crippen LogP contribution in [-0.4, -0.2) is 59.1 Å². The van der Waals surface area contributed by atoms with Crippen LogP contribution < -0.4 is 0 Å². The minimum Gasteiger partial charge on any atom is -0.348 e. The largest absolute Gasteiger partial charge is 0.348 e. The maximum Gasteiger partial charge on any atom is 0.133 e. The van der Waals surface area contributed by atoms with Crippen LogP contribution in [0.3, 0.4) is 0 Å². The van der Waals surface area contributed by atoms with E-state index in [1.807, 2.05) is 0 Å². The molecule has 32 heavy (non-hydrogen) atoms. The number of fused-ring (bicyclic) bond motifs is 1. The molecule has 0 aromatic heterocycles. The molecular weight excluding hydrogens is 396 g/mol. The summed E-state index contributed by atoms with van der Waals surface area (Å²) in [4.78, 5) is 18.1. The Kier molecular flexibility index (Phi) is 5.24. The average Bonchev–Trinajstić information content (AvgIpc) is 3.15. The zero-order valence-corrected chi connectivity index (χ0v) is 20.3. The maximum absolute atomic E-state index is 12.5. The van der Waals surface area contributed by atoms with Crippen molar-refractivity contribution in [3.63, 3.8) is 0 Å². The molecule has 176 valence electrons. The quantitative estimate of drug-likeness (QED) is 0.534. The molecule has 0 N–H and O–H groups in total. The van der Waals surface area contributed by atoms with E-state index >= 15 is 0 Å². The molecule has 1 spiro atoms. The number of hydrogen-bond donors (Lipinski definition) is 0. The van der Waals surface area contributed by atoms with Crippen LogP contribution in [0.5, 0.6) is 0 Å². The Hall–Kier alpha value is -0.970. The predicted molar refractivity (Wildman–Crippen MR) is 127 cm³/mol. The van der Waals surface area contributed by atoms with Gasteiger partial charge in [0.25, 0.3) is 0 Å². The van der Waals surface area contributed by atoms with Crippen LogP contribution in [0.2, 0.25) is 0 Å². The highest BCUT2D eigenvalue weighted by molar-refractivity contribution is 5.78. The number of carbonyl (C=O) groups excluding carboxylic acids is 1. The normalized spacial score (nSPS) is 47.7. The van der Waals surface area contributed by atoms with E-state index in [0.717, 1.165) is 45.1 Å². The molecule has 5 aliphatic heterocycles. The number of hydrogen-bond acceptors (Lipinski definition) is 4. The first-order valence-corrected chi connectivity index (χ1v) is 13.6. The Morgan fingerprint density at radius 2 is 1.91 bits per heavy atom. The average molecular weight is 439 g/mol. The summed E-state index contributed by atoms with van der Waals surface area (Å²) in [5.41, 5.74) is 1.57. The molecule has 0 saturated carbocycles. The number of ketones is 1. The van der Waals surface area contributed by atoms with Crippen molar-refractivity contribution in [1.82, 2.24) is 9.80 Å². The summed E-state index contributed by atoms with van der Waals surface area (Å²) < 4.78 is 7.33. The number of nitrogens with zero attached hydrogens (tertiary/aromatic N) is 2. The van der Waals surface area contributed by atoms with Crippen LogP contribution in [0.25, 0.3) is 0 Å². The minimum absolute atomic E-state index is 0.177. The van der Waals surface area contributed by atoms with Gasteiger partial charge in [-0.25, -0.2) is 0 Å². The van der Waals surface area contributed by atoms with Crippen molar-refractivity contribution in [3.05, 3.63) is 23.8 Å². The molecule has 0 aromatic rings. The van der Waals surface area contributed by atoms with Crippen LogP contribution in [0.1, 0.15) is 84.5 Å². The Balaban J connectivity index is 1.51. The molecule has 1 aliphatic carbocycles. The van der Waals surface area contributed by atoms with Gasteiger partial charge >= 0.3 is 0 Å². The lowest BCUT2D eigenvalue weighted by Gasteiger charge is -2.60. The molecule has 0 radical (unpaired) electrons. The van der Waals surface area contributed by atoms with Gasteiger partial charge in [0, 0.05) is 31.3 Å². The monoisotopic (exact) mass is 438 g/mol. The van der Waals surface area contributed by atoms with Gasteiger partial charge in [0.1, 0.15) is 17.1 Å². The summed E-state index contributed by atoms with van der Waals surface area (Å²) >= 11 is 0. The SMILES string of the molecule is CC(C)C1=C[C@]23CC/C=C\CCCCN4CC[C@H]1[C@]1(C4)C[C@]4(CCC(=O)CCCN4[C@H]12)O3. The second-order valence-corrected chi connectivity index (χ2v) is 12.1. The molecule has 5 bridgehead atoms. The standard InChI is InChI=1S/C28H42N2O2/c1-21(2)23-18-27-13-7-5-3-4-6-8-15-29-17-12-24(23)26(20-29)19-28(32-27)14-11-22(31)10-9-16-30(28)25(26)27/h3,5,18,21,24-25H,4,6-17,19-20H2,1-2H3/b5-3-/t24-,25-,26-,27-,28+/m1/s1. The van der Waals surface area contributed by atoms with Gasteiger partial charge in [-0.3, -0.25) is 9.69 Å². The van der Waals surface area contributed by atoms with E-state index in [9.17, 15) is 4.79 Å². The smallest absolute Gasteiger partial charge is 0.133 e. The molecule has 5 heterocycles. The van der Waals surface area contributed by atoms with Gasteiger partial charge in [0.05, 0.1) is 6.04 Å². The minimum atomic E-state index is -0.217. The third-order valence-electron chi connectivity index (χ3n) is 9.87. The molecule has 4 saturated heterocycles. The van der Waals surface area contributed by atoms with Gasteiger partial charge in [0.2, 0.25) is 0 Å². The second kappa shape index (κ2) is 7.78. The molecule has 4 nitrogen and oxygen atoms in total. The van der Waals surface area contributed by atoms with Crippen molar-refractivity contribution < 1.29 is 9.53 Å². The van der Waals surface area contributed by atoms with E-state index in [2.05, 4.69) is 41.9 Å². The van der Waals surface area contributed by atoms with E-state index in [1.54, 1.807) is 5.57 Å². The van der Waals surface area contributed by atoms with E-state index in [-0.39, 0.29) is 16.7 Å². The first kappa shape index (κ1) is 21.6. The lowest BCUT2D eigenvalue weighted by Crippen LogP contribution is -2.65. The van der Waals surface area contributed by atoms with Crippen LogP contribution in [0.4, 0.5) is 0 Å². The Morgan fingerprint density at radius 3 is 2.78 bits per heavy atom. The summed E-state index contributed by atoms with van der Waals surface area (Å²) in [7, 11) is 0. The van der Waals surface area contributed by atoms with Crippen molar-refractivity contribution in [2.24, 2.45) is 17.3 Å². The van der Waals surface area contributed by atoms with Crippen LogP contribution in [0, 0.1) is 17.3 Å². The third kappa shape index (κ3) is 3.08. The Morgan fingerprint density at radius 1 is 1.03 bits per heavy atom. The number of allylic oxidation sites excluding steroid dienone is 3. The summed E-state index contributed by atoms with van der Waals surface area (Å²) in [5, 5.41) is 0. The molecule has 6 atom stereocenters. The fourth-order valence-electron chi connectivity index (χ4n) is 8.85. The highest BCUT2D eigenvalue weighted by atomic mass is 16.6. The van der Waals surface area contributed by atoms with Gasteiger partial charge in [-0.05, 0) is 82.7 Å². The second-order valence-electron chi connectivity index (χ2n) is 12.1. The number of ether oxygens (including phenoxy) is 1. The lowest BCUT2D eigenvalue weighted by atomic mass is 9.52. The summed E-state index contributed by atoms with van der Waals surface area (Å²) in [6.45, 7) is 9.57. The van der Waals surface area contributed by atoms with Crippen molar-refractivity contribution >= 4 is 5.78 Å². The predicted octanol–water partition coefficient (Wildman–Crippen LogP) is 5.09. The van der Waals surface area contributed by atoms with E-state index in [4.69, 9.17) is 4.74 Å². The topological polar surface area (TPSA) is 32.8 Å². The molecule has 6 aliphatic rings. The van der Waals surface area contributed by atoms with E-state index in [0.29, 0.717) is 30.1 Å². The van der Waals surface area contributed by atoms with E-state index < -0.39 is 0 Å². The fourth-order valence-corrected chi connectivity index (χ4v) is 8.85. The Bertz CT molecular complexity index is 833. The van der Waals surface area contributed by atoms with Crippen molar-refractivity contribution in [1.29, 1.82) is 0 Å². The summed E-state index contributed by atoms with van der Waals surface area (Å²) in [6, 6.07) is 0.479. The summed E-state index contributed by atoms with van der Waals surface area (Å²) in [6.07, 6.45) is 19.3. The molecule has 0 aromatic carbocycles. The molecule has 6 rings (SSSR count). The molecular formula is C28H42N2O2. The van der Waals surface area contributed by atoms with E-state index in [1.165, 1.54) is 45.3 Å². The molecule has 1 unspecified atom stereocenters. The highest BCUT2D eigenvalue weighted by Crippen LogP contribution is 2.70. The van der Waals surface area contributed by atoms with Crippen LogP contribution in [0.15, 0.2) is 23.8 Å². The van der Waals surface area contributed by atoms with Crippen LogP contribution in [-0.2, 0) is 9.53 Å². The maximum atomic E-state index is 12.5. The number of piperidine rings is 1. The molecule has 4 heteroatoms. The first-order chi connectivity index (χ1) is 15.5. The van der Waals surface area contributed by atoms with Gasteiger partial charge < -0.3 is 9.64 Å². The van der Waals surface area contributed by atoms with Crippen molar-refractivity contribution in [3.8, 4) is 0 Å². The van der Waals surface area contributed by atoms with Crippen molar-refractivity contribution in [2.75, 3.05) is 26.2 Å². The van der Waals surface area contributed by atoms with Gasteiger partial charge in [-0.2, -0.15) is 0 Å². The van der Waals surface area contributed by atoms with Crippen molar-refractivity contribution in [2.45, 2.75) is 102 Å². The number of carbonyl (C=O) groups is 1. The Labute approximate surface area is 194 Å². The first-order valence-electron chi connectivity index (χ1n) is 13.6. The number of Topliss-reactive ketones (excluding diaryl/α,β-unsaturated/α-hetero) is 1. The zero-order valence-electron chi connectivity index (χ0n) is 20.3. The van der Waals surface area contributed by atoms with Gasteiger partial charge in [0.15, 0.2) is 0 Å². The van der Waals surface area contributed by atoms with Gasteiger partial charge in [-0.1, -0.05) is 37.6 Å². The van der Waals surface area contributed by atoms with Crippen LogP contribution >= 0.6 is 0 Å². The van der Waals surface area contributed by atoms with Gasteiger partial charge in [-0.15, -0.1) is 0 Å².